The molecule has 2 rings (SSSR count). The lowest BCUT2D eigenvalue weighted by atomic mass is 9.98. The third-order valence-corrected chi connectivity index (χ3v) is 4.51. The van der Waals surface area contributed by atoms with Crippen molar-refractivity contribution in [1.82, 2.24) is 0 Å². The van der Waals surface area contributed by atoms with E-state index in [1.807, 2.05) is 0 Å². The summed E-state index contributed by atoms with van der Waals surface area (Å²) in [6, 6.07) is 7.03. The predicted molar refractivity (Wildman–Crippen MR) is 105 cm³/mol. The lowest BCUT2D eigenvalue weighted by molar-refractivity contribution is 0.0497. The molecule has 0 saturated carbocycles. The van der Waals surface area contributed by atoms with E-state index < -0.39 is 5.78 Å². The second-order valence-corrected chi connectivity index (χ2v) is 6.40. The molecule has 0 spiro atoms. The summed E-state index contributed by atoms with van der Waals surface area (Å²) in [5.74, 6) is 0.0920. The Kier molecular flexibility index (Phi) is 7.29. The van der Waals surface area contributed by atoms with Crippen LogP contribution in [0.4, 0.5) is 0 Å². The highest BCUT2D eigenvalue weighted by molar-refractivity contribution is 7.93. The van der Waals surface area contributed by atoms with Gasteiger partial charge in [-0.2, -0.15) is 0 Å². The summed E-state index contributed by atoms with van der Waals surface area (Å²) in [6.45, 7) is 3.43. The molecule has 0 amide bonds. The van der Waals surface area contributed by atoms with Gasteiger partial charge in [-0.3, -0.25) is 4.79 Å². The van der Waals surface area contributed by atoms with Crippen molar-refractivity contribution in [1.29, 1.82) is 0 Å². The molecule has 0 aliphatic heterocycles. The van der Waals surface area contributed by atoms with E-state index in [4.69, 9.17) is 18.8 Å². The number of ketones is 1. The van der Waals surface area contributed by atoms with Crippen LogP contribution in [0.1, 0.15) is 27.0 Å². The maximum Gasteiger partial charge on any atom is 0.193 e. The molecule has 0 atom stereocenters. The van der Waals surface area contributed by atoms with Gasteiger partial charge < -0.3 is 23.9 Å². The fraction of sp³-hybridized carbons (Fsp3) is 0.250. The average molecular weight is 390 g/mol. The molecule has 0 bridgehead atoms. The fourth-order valence-corrected chi connectivity index (χ4v) is 2.95. The zero-order valence-corrected chi connectivity index (χ0v) is 16.4. The van der Waals surface area contributed by atoms with Crippen LogP contribution in [0, 0.1) is 13.8 Å². The first-order valence-electron chi connectivity index (χ1n) is 8.10. The molecule has 0 saturated heterocycles. The topological polar surface area (TPSA) is 85.2 Å². The van der Waals surface area contributed by atoms with E-state index >= 15 is 0 Å². The Morgan fingerprint density at radius 1 is 1.11 bits per heavy atom. The number of aromatic hydroxyl groups is 1. The van der Waals surface area contributed by atoms with Gasteiger partial charge in [0.25, 0.3) is 0 Å². The van der Waals surface area contributed by atoms with E-state index in [9.17, 15) is 9.90 Å². The van der Waals surface area contributed by atoms with Crippen LogP contribution in [0.25, 0.3) is 6.08 Å². The molecule has 0 aromatic heterocycles. The van der Waals surface area contributed by atoms with Crippen molar-refractivity contribution in [2.24, 2.45) is 0 Å². The summed E-state index contributed by atoms with van der Waals surface area (Å²) in [7, 11) is 2.93. The Labute approximate surface area is 162 Å². The van der Waals surface area contributed by atoms with Gasteiger partial charge in [0.2, 0.25) is 0 Å². The van der Waals surface area contributed by atoms with Crippen molar-refractivity contribution in [3.05, 3.63) is 52.6 Å². The number of ether oxygens (including phenoxy) is 3. The van der Waals surface area contributed by atoms with E-state index in [-0.39, 0.29) is 23.9 Å². The molecule has 2 N–H and O–H groups in total. The number of carbonyl (C=O) groups excluding carboxylic acids is 1. The van der Waals surface area contributed by atoms with Gasteiger partial charge in [0.05, 0.1) is 7.11 Å². The van der Waals surface area contributed by atoms with Crippen LogP contribution in [0.15, 0.2) is 35.2 Å². The van der Waals surface area contributed by atoms with Gasteiger partial charge in [-0.25, -0.2) is 0 Å². The SMILES string of the molecule is COCOc1c(C)c(O)c(C(=O)/C=C/c2ccc(SO)cc2)c(OC)c1C. The zero-order valence-electron chi connectivity index (χ0n) is 15.6. The lowest BCUT2D eigenvalue weighted by Crippen LogP contribution is -2.08. The highest BCUT2D eigenvalue weighted by Gasteiger charge is 2.24. The van der Waals surface area contributed by atoms with Crippen LogP contribution >= 0.6 is 12.0 Å². The van der Waals surface area contributed by atoms with E-state index in [1.165, 1.54) is 20.3 Å². The first-order valence-corrected chi connectivity index (χ1v) is 8.87. The number of allylic oxidation sites excluding steroid dienone is 1. The van der Waals surface area contributed by atoms with E-state index in [2.05, 4.69) is 0 Å². The van der Waals surface area contributed by atoms with Gasteiger partial charge in [0, 0.05) is 35.2 Å². The molecule has 0 aliphatic carbocycles. The quantitative estimate of drug-likeness (QED) is 0.298. The summed E-state index contributed by atoms with van der Waals surface area (Å²) in [4.78, 5) is 13.4. The Bertz CT molecular complexity index is 843. The number of hydrogen-bond acceptors (Lipinski definition) is 7. The monoisotopic (exact) mass is 390 g/mol. The normalized spacial score (nSPS) is 11.0. The lowest BCUT2D eigenvalue weighted by Gasteiger charge is -2.18. The summed E-state index contributed by atoms with van der Waals surface area (Å²) in [6.07, 6.45) is 3.00. The van der Waals surface area contributed by atoms with Crippen molar-refractivity contribution in [2.45, 2.75) is 18.7 Å². The fourth-order valence-electron chi connectivity index (χ4n) is 2.69. The molecule has 0 fully saturated rings. The predicted octanol–water partition coefficient (Wildman–Crippen LogP) is 4.46. The van der Waals surface area contributed by atoms with Crippen LogP contribution in [-0.4, -0.2) is 36.5 Å². The van der Waals surface area contributed by atoms with Crippen molar-refractivity contribution in [3.8, 4) is 17.2 Å². The van der Waals surface area contributed by atoms with Gasteiger partial charge in [0.15, 0.2) is 12.6 Å². The molecular weight excluding hydrogens is 368 g/mol. The van der Waals surface area contributed by atoms with Crippen molar-refractivity contribution in [3.63, 3.8) is 0 Å². The molecule has 7 heteroatoms. The van der Waals surface area contributed by atoms with Crippen LogP contribution in [-0.2, 0) is 4.74 Å². The minimum absolute atomic E-state index is 0.0135. The molecule has 0 aliphatic rings. The molecule has 0 heterocycles. The largest absolute Gasteiger partial charge is 0.507 e. The second-order valence-electron chi connectivity index (χ2n) is 5.74. The Morgan fingerprint density at radius 2 is 1.78 bits per heavy atom. The number of phenolic OH excluding ortho intramolecular Hbond substituents is 1. The van der Waals surface area contributed by atoms with Crippen molar-refractivity contribution < 1.29 is 28.7 Å². The second kappa shape index (κ2) is 9.45. The molecule has 2 aromatic carbocycles. The standard InChI is InChI=1S/C20H22O6S/c1-12-18(22)17(20(25-4)13(2)19(12)26-11-24-3)16(21)10-7-14-5-8-15(27-23)9-6-14/h5-10,22-23H,11H2,1-4H3/b10-7+. The van der Waals surface area contributed by atoms with Gasteiger partial charge in [-0.05, 0) is 37.6 Å². The van der Waals surface area contributed by atoms with E-state index in [0.29, 0.717) is 33.8 Å². The molecule has 0 radical (unpaired) electrons. The highest BCUT2D eigenvalue weighted by Crippen LogP contribution is 2.42. The van der Waals surface area contributed by atoms with Crippen LogP contribution in [0.3, 0.4) is 0 Å². The van der Waals surface area contributed by atoms with Gasteiger partial charge in [-0.1, -0.05) is 18.2 Å². The molecule has 0 unspecified atom stereocenters. The molecule has 2 aromatic rings. The Balaban J connectivity index is 2.40. The van der Waals surface area contributed by atoms with Gasteiger partial charge >= 0.3 is 0 Å². The summed E-state index contributed by atoms with van der Waals surface area (Å²) >= 11 is 0.654. The maximum atomic E-state index is 12.7. The summed E-state index contributed by atoms with van der Waals surface area (Å²) in [5.41, 5.74) is 1.90. The van der Waals surface area contributed by atoms with Crippen molar-refractivity contribution in [2.75, 3.05) is 21.0 Å². The van der Waals surface area contributed by atoms with Gasteiger partial charge in [0.1, 0.15) is 22.8 Å². The van der Waals surface area contributed by atoms with Gasteiger partial charge in [-0.15, -0.1) is 0 Å². The van der Waals surface area contributed by atoms with Crippen molar-refractivity contribution >= 4 is 23.9 Å². The maximum absolute atomic E-state index is 12.7. The minimum Gasteiger partial charge on any atom is -0.507 e. The van der Waals surface area contributed by atoms with E-state index in [0.717, 1.165) is 5.56 Å². The molecule has 6 nitrogen and oxygen atoms in total. The zero-order chi connectivity index (χ0) is 20.0. The summed E-state index contributed by atoms with van der Waals surface area (Å²) in [5, 5.41) is 10.6. The summed E-state index contributed by atoms with van der Waals surface area (Å²) < 4.78 is 24.8. The third-order valence-electron chi connectivity index (χ3n) is 4.03. The van der Waals surface area contributed by atoms with Crippen LogP contribution < -0.4 is 9.47 Å². The van der Waals surface area contributed by atoms with Crippen LogP contribution in [0.2, 0.25) is 0 Å². The smallest absolute Gasteiger partial charge is 0.193 e. The molecule has 27 heavy (non-hydrogen) atoms. The van der Waals surface area contributed by atoms with E-state index in [1.54, 1.807) is 44.2 Å². The average Bonchev–Trinajstić information content (AvgIpc) is 2.69. The number of hydrogen-bond donors (Lipinski definition) is 2. The third kappa shape index (κ3) is 4.63. The molecule has 144 valence electrons. The number of methoxy groups -OCH3 is 2. The number of phenols is 1. The first-order chi connectivity index (χ1) is 12.9. The van der Waals surface area contributed by atoms with Crippen LogP contribution in [0.5, 0.6) is 17.2 Å². The number of benzene rings is 2. The highest BCUT2D eigenvalue weighted by atomic mass is 32.2. The number of rotatable bonds is 8. The Hall–Kier alpha value is -2.48. The first kappa shape index (κ1) is 20.8. The number of carbonyl (C=O) groups is 1. The molecular formula is C20H22O6S. The minimum atomic E-state index is -0.394. The Morgan fingerprint density at radius 3 is 2.33 bits per heavy atom.